The Labute approximate surface area is 162 Å². The molecule has 0 unspecified atom stereocenters. The monoisotopic (exact) mass is 377 g/mol. The first-order chi connectivity index (χ1) is 12.9. The fourth-order valence-electron chi connectivity index (χ4n) is 4.35. The van der Waals surface area contributed by atoms with E-state index in [4.69, 9.17) is 0 Å². The Bertz CT molecular complexity index is 925. The van der Waals surface area contributed by atoms with Gasteiger partial charge in [-0.1, -0.05) is 49.6 Å². The summed E-state index contributed by atoms with van der Waals surface area (Å²) in [6, 6.07) is 12.4. The highest BCUT2D eigenvalue weighted by Crippen LogP contribution is 2.47. The van der Waals surface area contributed by atoms with E-state index in [1.165, 1.54) is 5.56 Å². The average Bonchev–Trinajstić information content (AvgIpc) is 2.78. The predicted octanol–water partition coefficient (Wildman–Crippen LogP) is 4.38. The molecule has 0 bridgehead atoms. The van der Waals surface area contributed by atoms with Crippen molar-refractivity contribution in [3.05, 3.63) is 70.6 Å². The van der Waals surface area contributed by atoms with Crippen molar-refractivity contribution in [1.29, 1.82) is 0 Å². The van der Waals surface area contributed by atoms with Gasteiger partial charge in [-0.25, -0.2) is 0 Å². The van der Waals surface area contributed by atoms with Crippen molar-refractivity contribution in [2.24, 2.45) is 0 Å². The Morgan fingerprint density at radius 1 is 1.00 bits per heavy atom. The first kappa shape index (κ1) is 18.4. The van der Waals surface area contributed by atoms with Crippen LogP contribution in [0.4, 0.5) is 0 Å². The van der Waals surface area contributed by atoms with Gasteiger partial charge in [-0.05, 0) is 59.2 Å². The highest BCUT2D eigenvalue weighted by atomic mass is 28.3. The molecule has 1 aromatic carbocycles. The molecule has 2 aromatic rings. The second kappa shape index (κ2) is 6.86. The smallest absolute Gasteiger partial charge is 0.109 e. The normalized spacial score (nSPS) is 24.0. The fourth-order valence-corrected chi connectivity index (χ4v) is 5.60. The minimum Gasteiger partial charge on any atom is -0.386 e. The molecule has 4 heteroatoms. The number of nitrogens with zero attached hydrogens (tertiary/aromatic N) is 1. The Balaban J connectivity index is 2.01. The zero-order valence-corrected chi connectivity index (χ0v) is 17.2. The summed E-state index contributed by atoms with van der Waals surface area (Å²) in [6.07, 6.45) is 2.98. The van der Waals surface area contributed by atoms with Crippen molar-refractivity contribution in [2.45, 2.75) is 51.1 Å². The summed E-state index contributed by atoms with van der Waals surface area (Å²) < 4.78 is 0. The molecule has 2 aliphatic carbocycles. The SMILES string of the molecule is C[Si](C)(C)C=C1C2=C(CCCc3cccc(-c4ccccn4)c32)[C@H](O)[C@@H]1O. The second-order valence-electron chi connectivity index (χ2n) is 8.66. The molecular formula is C23H27NO2Si. The lowest BCUT2D eigenvalue weighted by atomic mass is 9.89. The van der Waals surface area contributed by atoms with Crippen LogP contribution in [0.15, 0.2) is 59.4 Å². The lowest BCUT2D eigenvalue weighted by Gasteiger charge is -2.21. The van der Waals surface area contributed by atoms with E-state index in [-0.39, 0.29) is 0 Å². The molecule has 0 spiro atoms. The van der Waals surface area contributed by atoms with Gasteiger partial charge in [-0.15, -0.1) is 0 Å². The van der Waals surface area contributed by atoms with Crippen LogP contribution >= 0.6 is 0 Å². The van der Waals surface area contributed by atoms with Gasteiger partial charge < -0.3 is 10.2 Å². The number of aliphatic hydroxyl groups excluding tert-OH is 2. The van der Waals surface area contributed by atoms with Crippen LogP contribution < -0.4 is 0 Å². The minimum atomic E-state index is -1.59. The van der Waals surface area contributed by atoms with Crippen molar-refractivity contribution >= 4 is 13.6 Å². The summed E-state index contributed by atoms with van der Waals surface area (Å²) in [5.41, 5.74) is 9.71. The number of hydrogen-bond donors (Lipinski definition) is 2. The number of fused-ring (bicyclic) bond motifs is 2. The molecule has 27 heavy (non-hydrogen) atoms. The topological polar surface area (TPSA) is 53.4 Å². The highest BCUT2D eigenvalue weighted by molar-refractivity contribution is 6.81. The van der Waals surface area contributed by atoms with E-state index in [9.17, 15) is 10.2 Å². The van der Waals surface area contributed by atoms with E-state index in [1.807, 2.05) is 24.4 Å². The Morgan fingerprint density at radius 3 is 2.52 bits per heavy atom. The van der Waals surface area contributed by atoms with Gasteiger partial charge in [-0.3, -0.25) is 4.98 Å². The standard InChI is InChI=1S/C23H27NO2Si/c1-27(2,3)14-18-21-17(22(25)23(18)26)11-7-9-15-8-6-10-16(20(15)21)19-12-4-5-13-24-19/h4-6,8,10,12-14,22-23,25-26H,7,9,11H2,1-3H3/t22-,23+/m0/s1. The summed E-state index contributed by atoms with van der Waals surface area (Å²) >= 11 is 0. The summed E-state index contributed by atoms with van der Waals surface area (Å²) in [7, 11) is -1.59. The zero-order valence-electron chi connectivity index (χ0n) is 16.2. The Morgan fingerprint density at radius 2 is 1.81 bits per heavy atom. The van der Waals surface area contributed by atoms with Crippen LogP contribution in [-0.2, 0) is 6.42 Å². The largest absolute Gasteiger partial charge is 0.386 e. The molecule has 0 saturated heterocycles. The van der Waals surface area contributed by atoms with E-state index in [1.54, 1.807) is 0 Å². The molecule has 2 aliphatic rings. The van der Waals surface area contributed by atoms with Crippen LogP contribution in [-0.4, -0.2) is 35.5 Å². The summed E-state index contributed by atoms with van der Waals surface area (Å²) in [5, 5.41) is 21.7. The van der Waals surface area contributed by atoms with Crippen molar-refractivity contribution in [2.75, 3.05) is 0 Å². The third-order valence-electron chi connectivity index (χ3n) is 5.41. The van der Waals surface area contributed by atoms with Gasteiger partial charge in [0.1, 0.15) is 12.2 Å². The number of aliphatic hydroxyl groups is 2. The van der Waals surface area contributed by atoms with Gasteiger partial charge in [-0.2, -0.15) is 0 Å². The fraction of sp³-hybridized carbons (Fsp3) is 0.348. The van der Waals surface area contributed by atoms with E-state index >= 15 is 0 Å². The summed E-state index contributed by atoms with van der Waals surface area (Å²) in [5.74, 6) is 0. The van der Waals surface area contributed by atoms with Crippen molar-refractivity contribution in [3.8, 4) is 11.3 Å². The second-order valence-corrected chi connectivity index (χ2v) is 13.7. The molecule has 0 amide bonds. The number of rotatable bonds is 2. The number of aromatic nitrogens is 1. The maximum atomic E-state index is 10.9. The number of pyridine rings is 1. The van der Waals surface area contributed by atoms with Crippen LogP contribution in [0.25, 0.3) is 16.8 Å². The molecule has 0 fully saturated rings. The summed E-state index contributed by atoms with van der Waals surface area (Å²) in [6.45, 7) is 6.79. The Hall–Kier alpha value is -2.01. The minimum absolute atomic E-state index is 0.801. The summed E-state index contributed by atoms with van der Waals surface area (Å²) in [4.78, 5) is 4.58. The van der Waals surface area contributed by atoms with Crippen molar-refractivity contribution in [1.82, 2.24) is 4.98 Å². The molecule has 140 valence electrons. The molecule has 3 nitrogen and oxygen atoms in total. The van der Waals surface area contributed by atoms with Gasteiger partial charge in [0.25, 0.3) is 0 Å². The Kier molecular flexibility index (Phi) is 4.66. The van der Waals surface area contributed by atoms with Gasteiger partial charge in [0.15, 0.2) is 0 Å². The predicted molar refractivity (Wildman–Crippen MR) is 113 cm³/mol. The number of benzene rings is 1. The maximum Gasteiger partial charge on any atom is 0.109 e. The van der Waals surface area contributed by atoms with Crippen LogP contribution in [0.1, 0.15) is 24.0 Å². The molecule has 0 saturated carbocycles. The van der Waals surface area contributed by atoms with Crippen LogP contribution in [0.2, 0.25) is 19.6 Å². The van der Waals surface area contributed by atoms with Crippen molar-refractivity contribution in [3.63, 3.8) is 0 Å². The lowest BCUT2D eigenvalue weighted by Crippen LogP contribution is -2.26. The van der Waals surface area contributed by atoms with E-state index in [2.05, 4.69) is 48.5 Å². The molecule has 0 aliphatic heterocycles. The van der Waals surface area contributed by atoms with E-state index in [0.717, 1.165) is 52.8 Å². The molecule has 1 aromatic heterocycles. The molecular weight excluding hydrogens is 350 g/mol. The van der Waals surface area contributed by atoms with E-state index in [0.29, 0.717) is 0 Å². The van der Waals surface area contributed by atoms with Gasteiger partial charge >= 0.3 is 0 Å². The lowest BCUT2D eigenvalue weighted by molar-refractivity contribution is 0.0741. The first-order valence-corrected chi connectivity index (χ1v) is 13.3. The average molecular weight is 378 g/mol. The molecule has 0 radical (unpaired) electrons. The van der Waals surface area contributed by atoms with Gasteiger partial charge in [0.2, 0.25) is 0 Å². The van der Waals surface area contributed by atoms with Crippen molar-refractivity contribution < 1.29 is 10.2 Å². The van der Waals surface area contributed by atoms with Gasteiger partial charge in [0.05, 0.1) is 13.8 Å². The maximum absolute atomic E-state index is 10.9. The molecule has 2 N–H and O–H groups in total. The van der Waals surface area contributed by atoms with Crippen LogP contribution in [0, 0.1) is 0 Å². The van der Waals surface area contributed by atoms with Crippen LogP contribution in [0.5, 0.6) is 0 Å². The molecule has 1 heterocycles. The number of hydrogen-bond acceptors (Lipinski definition) is 3. The van der Waals surface area contributed by atoms with Crippen LogP contribution in [0.3, 0.4) is 0 Å². The third-order valence-corrected chi connectivity index (χ3v) is 6.58. The quantitative estimate of drug-likeness (QED) is 0.764. The molecule has 2 atom stereocenters. The first-order valence-electron chi connectivity index (χ1n) is 9.73. The zero-order chi connectivity index (χ0) is 19.2. The highest BCUT2D eigenvalue weighted by Gasteiger charge is 2.40. The van der Waals surface area contributed by atoms with E-state index < -0.39 is 20.3 Å². The third kappa shape index (κ3) is 3.33. The molecule has 4 rings (SSSR count). The number of aryl methyl sites for hydroxylation is 1. The van der Waals surface area contributed by atoms with Gasteiger partial charge in [0, 0.05) is 11.8 Å².